The second kappa shape index (κ2) is 5.35. The first-order chi connectivity index (χ1) is 9.35. The summed E-state index contributed by atoms with van der Waals surface area (Å²) in [5.74, 6) is 0.928. The number of methoxy groups -OCH3 is 1. The van der Waals surface area contributed by atoms with Crippen molar-refractivity contribution in [1.29, 1.82) is 0 Å². The van der Waals surface area contributed by atoms with E-state index in [2.05, 4.69) is 35.6 Å². The fraction of sp³-hybridized carbons (Fsp3) is 0.294. The van der Waals surface area contributed by atoms with Gasteiger partial charge in [-0.1, -0.05) is 24.3 Å². The van der Waals surface area contributed by atoms with E-state index in [0.717, 1.165) is 18.7 Å². The van der Waals surface area contributed by atoms with E-state index in [4.69, 9.17) is 4.74 Å². The summed E-state index contributed by atoms with van der Waals surface area (Å²) in [6.45, 7) is 1.10. The Morgan fingerprint density at radius 2 is 2.00 bits per heavy atom. The third-order valence-corrected chi connectivity index (χ3v) is 3.65. The molecule has 0 saturated carbocycles. The normalized spacial score (nSPS) is 13.5. The molecular formula is C17H19NO. The number of ether oxygens (including phenoxy) is 1. The van der Waals surface area contributed by atoms with Gasteiger partial charge in [0.2, 0.25) is 0 Å². The Balaban J connectivity index is 1.82. The molecule has 98 valence electrons. The minimum Gasteiger partial charge on any atom is -0.497 e. The molecule has 0 spiro atoms. The van der Waals surface area contributed by atoms with Gasteiger partial charge in [-0.3, -0.25) is 0 Å². The van der Waals surface area contributed by atoms with E-state index in [-0.39, 0.29) is 0 Å². The zero-order valence-electron chi connectivity index (χ0n) is 11.3. The maximum absolute atomic E-state index is 5.27. The second-order valence-corrected chi connectivity index (χ2v) is 5.05. The molecule has 3 rings (SSSR count). The molecule has 0 radical (unpaired) electrons. The summed E-state index contributed by atoms with van der Waals surface area (Å²) in [6.07, 6.45) is 3.38. The van der Waals surface area contributed by atoms with Gasteiger partial charge in [-0.05, 0) is 54.2 Å². The van der Waals surface area contributed by atoms with Crippen LogP contribution in [0.2, 0.25) is 0 Å². The molecule has 19 heavy (non-hydrogen) atoms. The van der Waals surface area contributed by atoms with E-state index in [1.165, 1.54) is 35.2 Å². The Kier molecular flexibility index (Phi) is 3.41. The summed E-state index contributed by atoms with van der Waals surface area (Å²) < 4.78 is 5.27. The largest absolute Gasteiger partial charge is 0.497 e. The molecule has 1 aliphatic heterocycles. The van der Waals surface area contributed by atoms with Gasteiger partial charge in [0.15, 0.2) is 0 Å². The van der Waals surface area contributed by atoms with E-state index >= 15 is 0 Å². The molecule has 0 aromatic heterocycles. The zero-order valence-corrected chi connectivity index (χ0v) is 11.3. The predicted octanol–water partition coefficient (Wildman–Crippen LogP) is 3.64. The van der Waals surface area contributed by atoms with Crippen molar-refractivity contribution in [2.75, 3.05) is 19.0 Å². The monoisotopic (exact) mass is 253 g/mol. The number of rotatable bonds is 3. The average molecular weight is 253 g/mol. The van der Waals surface area contributed by atoms with Crippen molar-refractivity contribution >= 4 is 5.69 Å². The van der Waals surface area contributed by atoms with E-state index in [9.17, 15) is 0 Å². The van der Waals surface area contributed by atoms with Gasteiger partial charge >= 0.3 is 0 Å². The van der Waals surface area contributed by atoms with Crippen LogP contribution in [-0.4, -0.2) is 13.7 Å². The molecule has 2 heteroatoms. The van der Waals surface area contributed by atoms with Crippen LogP contribution in [0.4, 0.5) is 5.69 Å². The maximum Gasteiger partial charge on any atom is 0.119 e. The molecule has 0 unspecified atom stereocenters. The topological polar surface area (TPSA) is 21.3 Å². The summed E-state index contributed by atoms with van der Waals surface area (Å²) in [5, 5.41) is 3.45. The van der Waals surface area contributed by atoms with Crippen LogP contribution >= 0.6 is 0 Å². The molecule has 0 aliphatic carbocycles. The Labute approximate surface area is 114 Å². The van der Waals surface area contributed by atoms with Gasteiger partial charge in [0, 0.05) is 12.2 Å². The van der Waals surface area contributed by atoms with Crippen LogP contribution in [0, 0.1) is 0 Å². The van der Waals surface area contributed by atoms with Gasteiger partial charge in [-0.2, -0.15) is 0 Å². The van der Waals surface area contributed by atoms with Crippen LogP contribution < -0.4 is 10.1 Å². The third-order valence-electron chi connectivity index (χ3n) is 3.65. The standard InChI is InChI=1S/C17H19NO/c1-19-16-6-2-4-13(12-16)10-14-7-8-17-15(11-14)5-3-9-18-17/h2,4,6-8,11-12,18H,3,5,9-10H2,1H3. The number of nitrogens with one attached hydrogen (secondary N) is 1. The first-order valence-corrected chi connectivity index (χ1v) is 6.84. The van der Waals surface area contributed by atoms with Gasteiger partial charge in [-0.25, -0.2) is 0 Å². The van der Waals surface area contributed by atoms with Crippen LogP contribution in [0.15, 0.2) is 42.5 Å². The van der Waals surface area contributed by atoms with Gasteiger partial charge in [0.05, 0.1) is 7.11 Å². The van der Waals surface area contributed by atoms with Crippen molar-refractivity contribution in [3.05, 3.63) is 59.2 Å². The Bertz CT molecular complexity index is 577. The highest BCUT2D eigenvalue weighted by atomic mass is 16.5. The molecule has 1 aliphatic rings. The van der Waals surface area contributed by atoms with Crippen LogP contribution in [-0.2, 0) is 12.8 Å². The fourth-order valence-corrected chi connectivity index (χ4v) is 2.66. The Morgan fingerprint density at radius 1 is 1.11 bits per heavy atom. The van der Waals surface area contributed by atoms with Crippen molar-refractivity contribution in [1.82, 2.24) is 0 Å². The molecule has 0 amide bonds. The quantitative estimate of drug-likeness (QED) is 0.901. The fourth-order valence-electron chi connectivity index (χ4n) is 2.66. The van der Waals surface area contributed by atoms with Crippen molar-refractivity contribution in [3.8, 4) is 5.75 Å². The molecule has 0 saturated heterocycles. The molecule has 0 bridgehead atoms. The maximum atomic E-state index is 5.27. The van der Waals surface area contributed by atoms with Crippen molar-refractivity contribution in [2.45, 2.75) is 19.3 Å². The number of benzene rings is 2. The van der Waals surface area contributed by atoms with Crippen LogP contribution in [0.5, 0.6) is 5.75 Å². The first kappa shape index (κ1) is 12.1. The molecule has 1 N–H and O–H groups in total. The van der Waals surface area contributed by atoms with E-state index in [1.54, 1.807) is 7.11 Å². The summed E-state index contributed by atoms with van der Waals surface area (Å²) >= 11 is 0. The minimum atomic E-state index is 0.928. The van der Waals surface area contributed by atoms with Crippen LogP contribution in [0.3, 0.4) is 0 Å². The molecule has 0 atom stereocenters. The van der Waals surface area contributed by atoms with Crippen molar-refractivity contribution < 1.29 is 4.74 Å². The molecule has 0 fully saturated rings. The Hall–Kier alpha value is -1.96. The number of fused-ring (bicyclic) bond motifs is 1. The number of aryl methyl sites for hydroxylation is 1. The Morgan fingerprint density at radius 3 is 2.89 bits per heavy atom. The lowest BCUT2D eigenvalue weighted by atomic mass is 9.97. The highest BCUT2D eigenvalue weighted by Crippen LogP contribution is 2.24. The summed E-state index contributed by atoms with van der Waals surface area (Å²) in [4.78, 5) is 0. The lowest BCUT2D eigenvalue weighted by molar-refractivity contribution is 0.414. The third kappa shape index (κ3) is 2.73. The summed E-state index contributed by atoms with van der Waals surface area (Å²) in [5.41, 5.74) is 5.42. The van der Waals surface area contributed by atoms with Gasteiger partial charge in [0.1, 0.15) is 5.75 Å². The van der Waals surface area contributed by atoms with Crippen LogP contribution in [0.25, 0.3) is 0 Å². The predicted molar refractivity (Wildman–Crippen MR) is 79.1 cm³/mol. The lowest BCUT2D eigenvalue weighted by Gasteiger charge is -2.18. The van der Waals surface area contributed by atoms with Gasteiger partial charge < -0.3 is 10.1 Å². The molecule has 2 aromatic carbocycles. The molecule has 1 heterocycles. The highest BCUT2D eigenvalue weighted by molar-refractivity contribution is 5.54. The average Bonchev–Trinajstić information content (AvgIpc) is 2.47. The zero-order chi connectivity index (χ0) is 13.1. The van der Waals surface area contributed by atoms with Crippen molar-refractivity contribution in [2.24, 2.45) is 0 Å². The van der Waals surface area contributed by atoms with Gasteiger partial charge in [-0.15, -0.1) is 0 Å². The number of hydrogen-bond acceptors (Lipinski definition) is 2. The molecule has 2 aromatic rings. The molecule has 2 nitrogen and oxygen atoms in total. The molecular weight excluding hydrogens is 234 g/mol. The smallest absolute Gasteiger partial charge is 0.119 e. The number of hydrogen-bond donors (Lipinski definition) is 1. The second-order valence-electron chi connectivity index (χ2n) is 5.05. The lowest BCUT2D eigenvalue weighted by Crippen LogP contribution is -2.11. The van der Waals surface area contributed by atoms with Crippen LogP contribution in [0.1, 0.15) is 23.1 Å². The summed E-state index contributed by atoms with van der Waals surface area (Å²) in [6, 6.07) is 15.1. The minimum absolute atomic E-state index is 0.928. The highest BCUT2D eigenvalue weighted by Gasteiger charge is 2.09. The van der Waals surface area contributed by atoms with E-state index in [0.29, 0.717) is 0 Å². The van der Waals surface area contributed by atoms with Crippen molar-refractivity contribution in [3.63, 3.8) is 0 Å². The first-order valence-electron chi connectivity index (χ1n) is 6.84. The van der Waals surface area contributed by atoms with Gasteiger partial charge in [0.25, 0.3) is 0 Å². The number of anilines is 1. The van der Waals surface area contributed by atoms with E-state index < -0.39 is 0 Å². The summed E-state index contributed by atoms with van der Waals surface area (Å²) in [7, 11) is 1.71. The SMILES string of the molecule is COc1cccc(Cc2ccc3c(c2)CCCN3)c1. The van der Waals surface area contributed by atoms with E-state index in [1.807, 2.05) is 12.1 Å².